The predicted octanol–water partition coefficient (Wildman–Crippen LogP) is 9.69. The first kappa shape index (κ1) is 40.0. The van der Waals surface area contributed by atoms with Crippen LogP contribution in [0.5, 0.6) is 0 Å². The number of rotatable bonds is 11. The molecule has 5 saturated carbocycles. The molecule has 11 atom stereocenters. The molecule has 0 heterocycles. The van der Waals surface area contributed by atoms with Crippen molar-refractivity contribution < 1.29 is 29.3 Å². The van der Waals surface area contributed by atoms with Gasteiger partial charge in [-0.2, -0.15) is 0 Å². The summed E-state index contributed by atoms with van der Waals surface area (Å²) in [6, 6.07) is 9.41. The van der Waals surface area contributed by atoms with Crippen molar-refractivity contribution in [2.45, 2.75) is 151 Å². The Morgan fingerprint density at radius 1 is 0.887 bits per heavy atom. The van der Waals surface area contributed by atoms with E-state index in [1.807, 2.05) is 44.2 Å². The Bertz CT molecular complexity index is 1570. The zero-order valence-corrected chi connectivity index (χ0v) is 34.1. The summed E-state index contributed by atoms with van der Waals surface area (Å²) in [5.74, 6) is 1.26. The smallest absolute Gasteiger partial charge is 0.306 e. The van der Waals surface area contributed by atoms with E-state index in [4.69, 9.17) is 4.74 Å². The number of allylic oxidation sites excluding steroid dienone is 1. The second kappa shape index (κ2) is 14.1. The molecule has 0 unspecified atom stereocenters. The normalized spacial score (nSPS) is 39.3. The molecule has 1 aromatic rings. The van der Waals surface area contributed by atoms with Crippen molar-refractivity contribution in [2.75, 3.05) is 6.61 Å². The largest absolute Gasteiger partial charge is 0.481 e. The number of carboxylic acids is 1. The number of esters is 1. The lowest BCUT2D eigenvalue weighted by Gasteiger charge is -2.73. The first-order valence-electron chi connectivity index (χ1n) is 20.7. The summed E-state index contributed by atoms with van der Waals surface area (Å²) in [6.07, 6.45) is 11.3. The lowest BCUT2D eigenvalue weighted by atomic mass is 9.32. The van der Waals surface area contributed by atoms with Crippen molar-refractivity contribution in [1.82, 2.24) is 5.32 Å². The lowest BCUT2D eigenvalue weighted by molar-refractivity contribution is -0.250. The van der Waals surface area contributed by atoms with E-state index in [0.717, 1.165) is 56.9 Å². The van der Waals surface area contributed by atoms with Gasteiger partial charge in [0, 0.05) is 11.8 Å². The van der Waals surface area contributed by atoms with Crippen LogP contribution < -0.4 is 5.32 Å². The summed E-state index contributed by atoms with van der Waals surface area (Å²) in [4.78, 5) is 38.6. The van der Waals surface area contributed by atoms with Crippen LogP contribution in [0.1, 0.15) is 150 Å². The highest BCUT2D eigenvalue weighted by Crippen LogP contribution is 2.78. The van der Waals surface area contributed by atoms with Crippen molar-refractivity contribution in [1.29, 1.82) is 0 Å². The molecule has 5 aliphatic rings. The molecular weight excluding hydrogens is 663 g/mol. The summed E-state index contributed by atoms with van der Waals surface area (Å²) in [5, 5.41) is 22.8. The van der Waals surface area contributed by atoms with Gasteiger partial charge in [0.1, 0.15) is 6.10 Å². The van der Waals surface area contributed by atoms with E-state index < -0.39 is 17.4 Å². The molecule has 0 aromatic heterocycles. The highest BCUT2D eigenvalue weighted by atomic mass is 16.5. The number of ether oxygens (including phenoxy) is 1. The van der Waals surface area contributed by atoms with Crippen molar-refractivity contribution in [2.24, 2.45) is 62.1 Å². The van der Waals surface area contributed by atoms with Crippen LogP contribution in [0.3, 0.4) is 0 Å². The monoisotopic (exact) mass is 732 g/mol. The average Bonchev–Trinajstić information content (AvgIpc) is 3.44. The maximum atomic E-state index is 14.0. The first-order valence-corrected chi connectivity index (χ1v) is 20.7. The Kier molecular flexibility index (Phi) is 10.7. The SMILES string of the molecule is C=C(C)[C@@H]1CC[C@]2(CC(=O)N[C@@H](CO)c3ccccc3)CC[C@]3(C)[C@H](CC[C@@H]4[C@@]5(C)CC[C@H](OC(=O)CC(C)(C)CC(=O)O)C(C)(C)[C@@H]5CC[C@]43C)[C@@H]12. The number of hydrogen-bond donors (Lipinski definition) is 3. The number of carbonyl (C=O) groups excluding carboxylic acids is 2. The van der Waals surface area contributed by atoms with Crippen LogP contribution in [0.2, 0.25) is 0 Å². The third kappa shape index (κ3) is 6.82. The summed E-state index contributed by atoms with van der Waals surface area (Å²) >= 11 is 0. The zero-order valence-electron chi connectivity index (χ0n) is 34.1. The third-order valence-corrected chi connectivity index (χ3v) is 16.9. The molecule has 5 fully saturated rings. The number of fused-ring (bicyclic) bond motifs is 7. The van der Waals surface area contributed by atoms with Crippen LogP contribution in [-0.4, -0.2) is 40.8 Å². The molecule has 1 aromatic carbocycles. The lowest BCUT2D eigenvalue weighted by Crippen LogP contribution is -2.67. The van der Waals surface area contributed by atoms with Crippen molar-refractivity contribution >= 4 is 17.8 Å². The average molecular weight is 732 g/mol. The van der Waals surface area contributed by atoms with Gasteiger partial charge in [-0.15, -0.1) is 0 Å². The number of aliphatic hydroxyl groups excluding tert-OH is 1. The van der Waals surface area contributed by atoms with Crippen LogP contribution >= 0.6 is 0 Å². The van der Waals surface area contributed by atoms with Gasteiger partial charge in [-0.25, -0.2) is 0 Å². The van der Waals surface area contributed by atoms with E-state index in [1.54, 1.807) is 0 Å². The van der Waals surface area contributed by atoms with Crippen LogP contribution in [0.25, 0.3) is 0 Å². The highest BCUT2D eigenvalue weighted by molar-refractivity contribution is 5.77. The minimum Gasteiger partial charge on any atom is -0.481 e. The summed E-state index contributed by atoms with van der Waals surface area (Å²) in [6.45, 7) is 22.8. The molecule has 1 amide bonds. The minimum atomic E-state index is -0.891. The fraction of sp³-hybridized carbons (Fsp3) is 0.761. The Morgan fingerprint density at radius 3 is 2.23 bits per heavy atom. The Labute approximate surface area is 319 Å². The second-order valence-electron chi connectivity index (χ2n) is 20.7. The van der Waals surface area contributed by atoms with Gasteiger partial charge in [-0.05, 0) is 133 Å². The number of hydrogen-bond acceptors (Lipinski definition) is 5. The molecule has 7 nitrogen and oxygen atoms in total. The summed E-state index contributed by atoms with van der Waals surface area (Å²) in [7, 11) is 0. The number of aliphatic hydroxyl groups is 1. The maximum Gasteiger partial charge on any atom is 0.306 e. The molecule has 0 spiro atoms. The standard InChI is InChI=1S/C46H69NO6/c1-29(2)31-17-22-46(25-37(49)47-33(28-48)30-13-11-10-12-14-30)24-23-44(8)32(40(31)46)15-16-35-43(7)20-19-36(42(5,6)34(43)18-21-45(35,44)9)53-39(52)27-41(3,4)26-38(50)51/h10-14,31-36,40,48H,1,15-28H2,2-9H3,(H,47,49)(H,50,51)/t31-,32+,33-,34-,35+,36-,40+,43-,44+,45+,46+/m0/s1. The molecule has 6 rings (SSSR count). The van der Waals surface area contributed by atoms with Crippen molar-refractivity contribution in [3.63, 3.8) is 0 Å². The van der Waals surface area contributed by atoms with E-state index in [0.29, 0.717) is 36.0 Å². The molecular formula is C46H69NO6. The number of amides is 1. The van der Waals surface area contributed by atoms with E-state index in [1.165, 1.54) is 18.4 Å². The zero-order chi connectivity index (χ0) is 38.8. The van der Waals surface area contributed by atoms with Crippen LogP contribution in [0.4, 0.5) is 0 Å². The molecule has 0 aliphatic heterocycles. The van der Waals surface area contributed by atoms with Gasteiger partial charge >= 0.3 is 11.9 Å². The predicted molar refractivity (Wildman–Crippen MR) is 209 cm³/mol. The van der Waals surface area contributed by atoms with Crippen molar-refractivity contribution in [3.8, 4) is 0 Å². The quantitative estimate of drug-likeness (QED) is 0.154. The van der Waals surface area contributed by atoms with E-state index in [2.05, 4.69) is 53.4 Å². The van der Waals surface area contributed by atoms with E-state index in [9.17, 15) is 24.6 Å². The maximum absolute atomic E-state index is 14.0. The van der Waals surface area contributed by atoms with Gasteiger partial charge in [0.2, 0.25) is 5.91 Å². The molecule has 0 bridgehead atoms. The Morgan fingerprint density at radius 2 is 1.58 bits per heavy atom. The van der Waals surface area contributed by atoms with Gasteiger partial charge in [-0.1, -0.05) is 91.0 Å². The molecule has 5 aliphatic carbocycles. The molecule has 0 saturated heterocycles. The van der Waals surface area contributed by atoms with Gasteiger partial charge in [0.05, 0.1) is 25.5 Å². The van der Waals surface area contributed by atoms with Gasteiger partial charge in [0.15, 0.2) is 0 Å². The highest BCUT2D eigenvalue weighted by Gasteiger charge is 2.71. The number of benzene rings is 1. The molecule has 0 radical (unpaired) electrons. The van der Waals surface area contributed by atoms with Crippen LogP contribution in [0, 0.1) is 62.1 Å². The van der Waals surface area contributed by atoms with E-state index in [-0.39, 0.29) is 64.5 Å². The van der Waals surface area contributed by atoms with E-state index >= 15 is 0 Å². The van der Waals surface area contributed by atoms with Crippen LogP contribution in [0.15, 0.2) is 42.5 Å². The minimum absolute atomic E-state index is 0.0537. The first-order chi connectivity index (χ1) is 24.7. The molecule has 294 valence electrons. The molecule has 53 heavy (non-hydrogen) atoms. The Hall–Kier alpha value is -2.67. The van der Waals surface area contributed by atoms with Crippen LogP contribution in [-0.2, 0) is 19.1 Å². The van der Waals surface area contributed by atoms with Gasteiger partial charge in [-0.3, -0.25) is 14.4 Å². The van der Waals surface area contributed by atoms with Gasteiger partial charge < -0.3 is 20.3 Å². The fourth-order valence-electron chi connectivity index (χ4n) is 14.3. The summed E-state index contributed by atoms with van der Waals surface area (Å²) < 4.78 is 6.28. The second-order valence-corrected chi connectivity index (χ2v) is 20.7. The third-order valence-electron chi connectivity index (χ3n) is 16.9. The van der Waals surface area contributed by atoms with Crippen molar-refractivity contribution in [3.05, 3.63) is 48.0 Å². The van der Waals surface area contributed by atoms with Gasteiger partial charge in [0.25, 0.3) is 0 Å². The fourth-order valence-corrected chi connectivity index (χ4v) is 14.3. The Balaban J connectivity index is 1.22. The number of carboxylic acid groups (broad SMARTS) is 1. The molecule has 7 heteroatoms. The molecule has 3 N–H and O–H groups in total. The number of nitrogens with one attached hydrogen (secondary N) is 1. The number of carbonyl (C=O) groups is 3. The number of aliphatic carboxylic acids is 1. The summed E-state index contributed by atoms with van der Waals surface area (Å²) in [5.41, 5.74) is 1.75. The topological polar surface area (TPSA) is 113 Å².